The maximum absolute atomic E-state index is 13.1. The van der Waals surface area contributed by atoms with Crippen molar-refractivity contribution in [1.29, 1.82) is 0 Å². The summed E-state index contributed by atoms with van der Waals surface area (Å²) in [4.78, 5) is 23.5. The minimum Gasteiger partial charge on any atom is -0.495 e. The van der Waals surface area contributed by atoms with Gasteiger partial charge in [0.1, 0.15) is 16.4 Å². The molecule has 0 saturated heterocycles. The lowest BCUT2D eigenvalue weighted by atomic mass is 9.79. The number of carbonyl (C=O) groups excluding carboxylic acids is 1. The van der Waals surface area contributed by atoms with Crippen LogP contribution < -0.4 is 4.74 Å². The fraction of sp³-hybridized carbons (Fsp3) is 0.500. The summed E-state index contributed by atoms with van der Waals surface area (Å²) in [6.45, 7) is 1.19. The van der Waals surface area contributed by atoms with Crippen LogP contribution in [-0.2, 0) is 19.4 Å². The number of hydrogen-bond donors (Lipinski definition) is 1. The minimum absolute atomic E-state index is 0.0306. The van der Waals surface area contributed by atoms with Gasteiger partial charge in [0.05, 0.1) is 7.11 Å². The van der Waals surface area contributed by atoms with E-state index < -0.39 is 26.5 Å². The number of sulfone groups is 1. The average molecular weight is 340 g/mol. The largest absolute Gasteiger partial charge is 0.495 e. The summed E-state index contributed by atoms with van der Waals surface area (Å²) in [5.74, 6) is -2.19. The normalized spacial score (nSPS) is 21.5. The summed E-state index contributed by atoms with van der Waals surface area (Å²) in [5, 5.41) is 9.70. The van der Waals surface area contributed by atoms with Crippen molar-refractivity contribution in [3.8, 4) is 5.75 Å². The standard InChI is InChI=1S/C16H20O6S/c1-16(15(18)19,11-6-5-7-12(17)10-11)23(20,21)14-9-4-3-8-13(14)22-2/h3-4,8-9,11H,5-7,10H2,1-2H3,(H,18,19). The van der Waals surface area contributed by atoms with E-state index in [0.29, 0.717) is 19.3 Å². The zero-order valence-electron chi connectivity index (χ0n) is 13.1. The molecule has 1 aliphatic carbocycles. The van der Waals surface area contributed by atoms with Gasteiger partial charge < -0.3 is 9.84 Å². The van der Waals surface area contributed by atoms with Gasteiger partial charge in [0.25, 0.3) is 0 Å². The number of rotatable bonds is 5. The third-order valence-electron chi connectivity index (χ3n) is 4.60. The van der Waals surface area contributed by atoms with Crippen molar-refractivity contribution < 1.29 is 27.9 Å². The van der Waals surface area contributed by atoms with Crippen LogP contribution in [0, 0.1) is 5.92 Å². The van der Waals surface area contributed by atoms with E-state index in [1.807, 2.05) is 0 Å². The number of methoxy groups -OCH3 is 1. The molecule has 2 rings (SSSR count). The monoisotopic (exact) mass is 340 g/mol. The van der Waals surface area contributed by atoms with Gasteiger partial charge in [0.15, 0.2) is 14.6 Å². The zero-order valence-corrected chi connectivity index (χ0v) is 13.9. The van der Waals surface area contributed by atoms with Gasteiger partial charge in [-0.25, -0.2) is 8.42 Å². The van der Waals surface area contributed by atoms with E-state index in [-0.39, 0.29) is 22.8 Å². The van der Waals surface area contributed by atoms with E-state index >= 15 is 0 Å². The van der Waals surface area contributed by atoms with Gasteiger partial charge in [-0.3, -0.25) is 9.59 Å². The molecule has 0 amide bonds. The van der Waals surface area contributed by atoms with Crippen LogP contribution in [-0.4, -0.2) is 37.1 Å². The summed E-state index contributed by atoms with van der Waals surface area (Å²) >= 11 is 0. The molecular formula is C16H20O6S. The van der Waals surface area contributed by atoms with Crippen molar-refractivity contribution in [1.82, 2.24) is 0 Å². The predicted octanol–water partition coefficient (Wildman–Crippen LogP) is 2.07. The molecule has 126 valence electrons. The first-order valence-electron chi connectivity index (χ1n) is 7.38. The highest BCUT2D eigenvalue weighted by molar-refractivity contribution is 7.93. The molecule has 2 atom stereocenters. The Kier molecular flexibility index (Phi) is 4.79. The second-order valence-electron chi connectivity index (χ2n) is 5.90. The van der Waals surface area contributed by atoms with Crippen LogP contribution >= 0.6 is 0 Å². The van der Waals surface area contributed by atoms with Crippen molar-refractivity contribution in [2.24, 2.45) is 5.92 Å². The Bertz CT molecular complexity index is 724. The van der Waals surface area contributed by atoms with Crippen molar-refractivity contribution in [3.05, 3.63) is 24.3 Å². The summed E-state index contributed by atoms with van der Waals surface area (Å²) in [5.41, 5.74) is 0. The van der Waals surface area contributed by atoms with E-state index in [1.54, 1.807) is 6.07 Å². The van der Waals surface area contributed by atoms with E-state index in [1.165, 1.54) is 32.2 Å². The molecule has 1 saturated carbocycles. The number of carboxylic acids is 1. The van der Waals surface area contributed by atoms with E-state index in [4.69, 9.17) is 4.74 Å². The third kappa shape index (κ3) is 2.85. The number of Topliss-reactive ketones (excluding diaryl/α,β-unsaturated/α-hetero) is 1. The maximum Gasteiger partial charge on any atom is 0.325 e. The molecule has 0 aliphatic heterocycles. The van der Waals surface area contributed by atoms with Crippen molar-refractivity contribution in [2.75, 3.05) is 7.11 Å². The molecule has 6 nitrogen and oxygen atoms in total. The highest BCUT2D eigenvalue weighted by atomic mass is 32.2. The Morgan fingerprint density at radius 3 is 2.57 bits per heavy atom. The van der Waals surface area contributed by atoms with E-state index in [2.05, 4.69) is 0 Å². The molecule has 1 N–H and O–H groups in total. The second kappa shape index (κ2) is 6.31. The number of carboxylic acid groups (broad SMARTS) is 1. The van der Waals surface area contributed by atoms with E-state index in [9.17, 15) is 23.1 Å². The van der Waals surface area contributed by atoms with Gasteiger partial charge in [0, 0.05) is 12.8 Å². The summed E-state index contributed by atoms with van der Waals surface area (Å²) in [6, 6.07) is 5.94. The molecule has 23 heavy (non-hydrogen) atoms. The Hall–Kier alpha value is -1.89. The van der Waals surface area contributed by atoms with Crippen molar-refractivity contribution >= 4 is 21.6 Å². The van der Waals surface area contributed by atoms with Gasteiger partial charge in [-0.05, 0) is 37.8 Å². The first-order valence-corrected chi connectivity index (χ1v) is 8.86. The Morgan fingerprint density at radius 2 is 2.00 bits per heavy atom. The fourth-order valence-electron chi connectivity index (χ4n) is 3.07. The highest BCUT2D eigenvalue weighted by Crippen LogP contribution is 2.42. The summed E-state index contributed by atoms with van der Waals surface area (Å²) in [7, 11) is -2.91. The van der Waals surface area contributed by atoms with Crippen LogP contribution in [0.3, 0.4) is 0 Å². The molecule has 0 radical (unpaired) electrons. The molecule has 2 unspecified atom stereocenters. The minimum atomic E-state index is -4.24. The molecule has 0 bridgehead atoms. The van der Waals surface area contributed by atoms with Crippen LogP contribution in [0.4, 0.5) is 0 Å². The van der Waals surface area contributed by atoms with Crippen LogP contribution in [0.1, 0.15) is 32.6 Å². The van der Waals surface area contributed by atoms with Crippen LogP contribution in [0.25, 0.3) is 0 Å². The molecule has 0 spiro atoms. The van der Waals surface area contributed by atoms with Gasteiger partial charge in [-0.2, -0.15) is 0 Å². The van der Waals surface area contributed by atoms with E-state index in [0.717, 1.165) is 0 Å². The van der Waals surface area contributed by atoms with Gasteiger partial charge in [-0.15, -0.1) is 0 Å². The smallest absolute Gasteiger partial charge is 0.325 e. The molecule has 0 aromatic heterocycles. The number of ether oxygens (including phenoxy) is 1. The summed E-state index contributed by atoms with van der Waals surface area (Å²) in [6.07, 6.45) is 1.24. The quantitative estimate of drug-likeness (QED) is 0.881. The van der Waals surface area contributed by atoms with Crippen LogP contribution in [0.15, 0.2) is 29.2 Å². The predicted molar refractivity (Wildman–Crippen MR) is 83.2 cm³/mol. The molecule has 1 fully saturated rings. The molecule has 7 heteroatoms. The lowest BCUT2D eigenvalue weighted by molar-refractivity contribution is -0.141. The lowest BCUT2D eigenvalue weighted by Gasteiger charge is -2.35. The first kappa shape index (κ1) is 17.5. The van der Waals surface area contributed by atoms with Gasteiger partial charge in [0.2, 0.25) is 0 Å². The number of benzene rings is 1. The van der Waals surface area contributed by atoms with Crippen LogP contribution in [0.5, 0.6) is 5.75 Å². The Morgan fingerprint density at radius 1 is 1.35 bits per heavy atom. The average Bonchev–Trinajstić information content (AvgIpc) is 2.53. The maximum atomic E-state index is 13.1. The third-order valence-corrected chi connectivity index (χ3v) is 7.14. The number of para-hydroxylation sites is 1. The number of carbonyl (C=O) groups is 2. The Labute approximate surface area is 135 Å². The van der Waals surface area contributed by atoms with Gasteiger partial charge in [-0.1, -0.05) is 12.1 Å². The first-order chi connectivity index (χ1) is 10.7. The highest BCUT2D eigenvalue weighted by Gasteiger charge is 2.54. The topological polar surface area (TPSA) is 97.7 Å². The lowest BCUT2D eigenvalue weighted by Crippen LogP contribution is -2.51. The fourth-order valence-corrected chi connectivity index (χ4v) is 5.07. The molecular weight excluding hydrogens is 320 g/mol. The number of aliphatic carboxylic acids is 1. The van der Waals surface area contributed by atoms with Crippen LogP contribution in [0.2, 0.25) is 0 Å². The Balaban J connectivity index is 2.59. The van der Waals surface area contributed by atoms with Crippen molar-refractivity contribution in [2.45, 2.75) is 42.2 Å². The molecule has 0 heterocycles. The molecule has 1 aromatic carbocycles. The molecule has 1 aromatic rings. The second-order valence-corrected chi connectivity index (χ2v) is 8.19. The number of ketones is 1. The SMILES string of the molecule is COc1ccccc1S(=O)(=O)C(C)(C(=O)O)C1CCCC(=O)C1. The number of hydrogen-bond acceptors (Lipinski definition) is 5. The summed E-state index contributed by atoms with van der Waals surface area (Å²) < 4.78 is 29.2. The zero-order chi connectivity index (χ0) is 17.3. The van der Waals surface area contributed by atoms with Crippen molar-refractivity contribution in [3.63, 3.8) is 0 Å². The molecule has 1 aliphatic rings. The van der Waals surface area contributed by atoms with Gasteiger partial charge >= 0.3 is 5.97 Å².